The predicted molar refractivity (Wildman–Crippen MR) is 89.0 cm³/mol. The van der Waals surface area contributed by atoms with Gasteiger partial charge < -0.3 is 10.1 Å². The maximum Gasteiger partial charge on any atom is 0.341 e. The molecule has 0 unspecified atom stereocenters. The van der Waals surface area contributed by atoms with E-state index in [1.807, 2.05) is 13.8 Å². The zero-order valence-electron chi connectivity index (χ0n) is 13.2. The van der Waals surface area contributed by atoms with Crippen LogP contribution >= 0.6 is 11.3 Å². The van der Waals surface area contributed by atoms with Gasteiger partial charge in [-0.3, -0.25) is 4.79 Å². The first-order chi connectivity index (χ1) is 10.9. The number of ether oxygens (including phenoxy) is 1. The van der Waals surface area contributed by atoms with E-state index in [9.17, 15) is 14.0 Å². The summed E-state index contributed by atoms with van der Waals surface area (Å²) in [6.45, 7) is 5.83. The Morgan fingerprint density at radius 1 is 1.22 bits per heavy atom. The Kier molecular flexibility index (Phi) is 5.50. The summed E-state index contributed by atoms with van der Waals surface area (Å²) in [5, 5.41) is 3.62. The molecule has 1 N–H and O–H groups in total. The molecule has 1 heterocycles. The fourth-order valence-electron chi connectivity index (χ4n) is 2.10. The van der Waals surface area contributed by atoms with Crippen LogP contribution in [-0.4, -0.2) is 24.9 Å². The van der Waals surface area contributed by atoms with E-state index >= 15 is 0 Å². The maximum absolute atomic E-state index is 12.9. The summed E-state index contributed by atoms with van der Waals surface area (Å²) in [7, 11) is 0. The molecule has 4 nitrogen and oxygen atoms in total. The van der Waals surface area contributed by atoms with Crippen LogP contribution in [0.4, 0.5) is 9.39 Å². The third-order valence-corrected chi connectivity index (χ3v) is 4.61. The highest BCUT2D eigenvalue weighted by molar-refractivity contribution is 7.16. The number of rotatable bonds is 6. The van der Waals surface area contributed by atoms with E-state index in [0.29, 0.717) is 22.7 Å². The number of hydrogen-bond acceptors (Lipinski definition) is 5. The first-order valence-electron chi connectivity index (χ1n) is 7.23. The molecule has 0 amide bonds. The van der Waals surface area contributed by atoms with Gasteiger partial charge in [-0.2, -0.15) is 0 Å². The van der Waals surface area contributed by atoms with E-state index in [2.05, 4.69) is 5.32 Å². The van der Waals surface area contributed by atoms with Crippen LogP contribution in [0.1, 0.15) is 38.1 Å². The van der Waals surface area contributed by atoms with Crippen LogP contribution in [0.25, 0.3) is 0 Å². The van der Waals surface area contributed by atoms with Crippen LogP contribution in [0.15, 0.2) is 24.3 Å². The fourth-order valence-corrected chi connectivity index (χ4v) is 3.14. The van der Waals surface area contributed by atoms with Gasteiger partial charge in [0.15, 0.2) is 5.78 Å². The first kappa shape index (κ1) is 17.1. The van der Waals surface area contributed by atoms with Crippen molar-refractivity contribution in [1.82, 2.24) is 0 Å². The molecule has 0 saturated heterocycles. The van der Waals surface area contributed by atoms with E-state index in [1.54, 1.807) is 6.92 Å². The molecule has 0 aliphatic rings. The zero-order valence-corrected chi connectivity index (χ0v) is 14.1. The number of hydrogen-bond donors (Lipinski definition) is 1. The third-order valence-electron chi connectivity index (χ3n) is 3.44. The molecule has 0 aliphatic heterocycles. The minimum absolute atomic E-state index is 0.0252. The maximum atomic E-state index is 12.9. The highest BCUT2D eigenvalue weighted by atomic mass is 32.1. The number of halogens is 1. The average Bonchev–Trinajstić information content (AvgIpc) is 2.80. The molecule has 0 bridgehead atoms. The van der Waals surface area contributed by atoms with E-state index in [0.717, 1.165) is 10.4 Å². The molecule has 0 radical (unpaired) electrons. The smallest absolute Gasteiger partial charge is 0.341 e. The molecule has 0 fully saturated rings. The van der Waals surface area contributed by atoms with Gasteiger partial charge in [0.1, 0.15) is 10.8 Å². The Balaban J connectivity index is 2.14. The Morgan fingerprint density at radius 3 is 2.48 bits per heavy atom. The van der Waals surface area contributed by atoms with Crippen molar-refractivity contribution in [2.45, 2.75) is 20.8 Å². The second-order valence-electron chi connectivity index (χ2n) is 4.99. The molecular formula is C17H18FNO3S. The number of Topliss-reactive ketones (excluding diaryl/α,β-unsaturated/α-hetero) is 1. The van der Waals surface area contributed by atoms with Crippen molar-refractivity contribution in [2.24, 2.45) is 0 Å². The van der Waals surface area contributed by atoms with Crippen molar-refractivity contribution < 1.29 is 18.7 Å². The summed E-state index contributed by atoms with van der Waals surface area (Å²) in [6.07, 6.45) is 0. The third kappa shape index (κ3) is 3.96. The number of aryl methyl sites for hydroxylation is 1. The molecule has 0 aliphatic carbocycles. The van der Waals surface area contributed by atoms with Crippen molar-refractivity contribution in [3.63, 3.8) is 0 Å². The van der Waals surface area contributed by atoms with Crippen LogP contribution in [0, 0.1) is 19.7 Å². The Morgan fingerprint density at radius 2 is 1.87 bits per heavy atom. The number of ketones is 1. The summed E-state index contributed by atoms with van der Waals surface area (Å²) >= 11 is 1.41. The Labute approximate surface area is 138 Å². The van der Waals surface area contributed by atoms with E-state index in [-0.39, 0.29) is 18.1 Å². The molecule has 23 heavy (non-hydrogen) atoms. The summed E-state index contributed by atoms with van der Waals surface area (Å²) in [4.78, 5) is 25.2. The highest BCUT2D eigenvalue weighted by Crippen LogP contribution is 2.32. The quantitative estimate of drug-likeness (QED) is 0.641. The van der Waals surface area contributed by atoms with E-state index < -0.39 is 5.97 Å². The number of thiophene rings is 1. The van der Waals surface area contributed by atoms with Gasteiger partial charge in [-0.05, 0) is 50.6 Å². The SMILES string of the molecule is CCOC(=O)c1c(NCC(=O)c2ccc(F)cc2)sc(C)c1C. The Bertz CT molecular complexity index is 722. The molecular weight excluding hydrogens is 317 g/mol. The van der Waals surface area contributed by atoms with Crippen molar-refractivity contribution >= 4 is 28.1 Å². The number of nitrogens with one attached hydrogen (secondary N) is 1. The van der Waals surface area contributed by atoms with Gasteiger partial charge in [0.25, 0.3) is 0 Å². The fraction of sp³-hybridized carbons (Fsp3) is 0.294. The summed E-state index contributed by atoms with van der Waals surface area (Å²) in [5.41, 5.74) is 1.74. The number of carbonyl (C=O) groups excluding carboxylic acids is 2. The molecule has 122 valence electrons. The van der Waals surface area contributed by atoms with Crippen LogP contribution in [0.5, 0.6) is 0 Å². The van der Waals surface area contributed by atoms with Gasteiger partial charge in [-0.15, -0.1) is 11.3 Å². The van der Waals surface area contributed by atoms with Gasteiger partial charge in [0, 0.05) is 10.4 Å². The first-order valence-corrected chi connectivity index (χ1v) is 8.05. The second kappa shape index (κ2) is 7.37. The van der Waals surface area contributed by atoms with Gasteiger partial charge >= 0.3 is 5.97 Å². The van der Waals surface area contributed by atoms with Gasteiger partial charge in [-0.1, -0.05) is 0 Å². The lowest BCUT2D eigenvalue weighted by atomic mass is 10.1. The Hall–Kier alpha value is -2.21. The minimum Gasteiger partial charge on any atom is -0.462 e. The minimum atomic E-state index is -0.397. The summed E-state index contributed by atoms with van der Waals surface area (Å²) in [6, 6.07) is 5.38. The number of esters is 1. The normalized spacial score (nSPS) is 10.4. The molecule has 6 heteroatoms. The molecule has 0 saturated carbocycles. The zero-order chi connectivity index (χ0) is 17.0. The van der Waals surface area contributed by atoms with Crippen molar-refractivity contribution in [2.75, 3.05) is 18.5 Å². The van der Waals surface area contributed by atoms with Crippen LogP contribution in [0.2, 0.25) is 0 Å². The molecule has 0 spiro atoms. The topological polar surface area (TPSA) is 55.4 Å². The lowest BCUT2D eigenvalue weighted by Gasteiger charge is -2.07. The molecule has 1 aromatic carbocycles. The van der Waals surface area contributed by atoms with Crippen LogP contribution < -0.4 is 5.32 Å². The predicted octanol–water partition coefficient (Wildman–Crippen LogP) is 3.98. The standard InChI is InChI=1S/C17H18FNO3S/c1-4-22-17(21)15-10(2)11(3)23-16(15)19-9-14(20)12-5-7-13(18)8-6-12/h5-8,19H,4,9H2,1-3H3. The molecule has 1 aromatic heterocycles. The summed E-state index contributed by atoms with van der Waals surface area (Å²) in [5.74, 6) is -0.960. The van der Waals surface area contributed by atoms with E-state index in [1.165, 1.54) is 35.6 Å². The van der Waals surface area contributed by atoms with Crippen molar-refractivity contribution in [1.29, 1.82) is 0 Å². The van der Waals surface area contributed by atoms with Crippen molar-refractivity contribution in [3.05, 3.63) is 51.7 Å². The highest BCUT2D eigenvalue weighted by Gasteiger charge is 2.21. The largest absolute Gasteiger partial charge is 0.462 e. The van der Waals surface area contributed by atoms with Gasteiger partial charge in [0.2, 0.25) is 0 Å². The van der Waals surface area contributed by atoms with Crippen LogP contribution in [-0.2, 0) is 4.74 Å². The van der Waals surface area contributed by atoms with Crippen molar-refractivity contribution in [3.8, 4) is 0 Å². The lowest BCUT2D eigenvalue weighted by molar-refractivity contribution is 0.0527. The van der Waals surface area contributed by atoms with E-state index in [4.69, 9.17) is 4.74 Å². The molecule has 2 rings (SSSR count). The molecule has 2 aromatic rings. The molecule has 0 atom stereocenters. The summed E-state index contributed by atoms with van der Waals surface area (Å²) < 4.78 is 18.0. The average molecular weight is 335 g/mol. The van der Waals surface area contributed by atoms with Gasteiger partial charge in [0.05, 0.1) is 18.7 Å². The number of anilines is 1. The second-order valence-corrected chi connectivity index (χ2v) is 6.22. The van der Waals surface area contributed by atoms with Gasteiger partial charge in [-0.25, -0.2) is 9.18 Å². The number of carbonyl (C=O) groups is 2. The van der Waals surface area contributed by atoms with Crippen LogP contribution in [0.3, 0.4) is 0 Å². The lowest BCUT2D eigenvalue weighted by Crippen LogP contribution is -2.16. The number of benzene rings is 1. The monoisotopic (exact) mass is 335 g/mol.